The first kappa shape index (κ1) is 41.7. The largest absolute Gasteiger partial charge is 0.453 e. The van der Waals surface area contributed by atoms with E-state index in [0.717, 1.165) is 59.5 Å². The normalized spacial score (nSPS) is 22.5. The minimum absolute atomic E-state index is 0.0413. The van der Waals surface area contributed by atoms with E-state index < -0.39 is 41.7 Å². The molecule has 7 atom stereocenters. The van der Waals surface area contributed by atoms with Gasteiger partial charge in [-0.1, -0.05) is 38.1 Å². The number of hydrogen-bond acceptors (Lipinski definition) is 9. The third kappa shape index (κ3) is 7.34. The highest BCUT2D eigenvalue weighted by Crippen LogP contribution is 2.54. The van der Waals surface area contributed by atoms with E-state index in [1.165, 1.54) is 27.4 Å². The van der Waals surface area contributed by atoms with Crippen molar-refractivity contribution in [2.45, 2.75) is 95.6 Å². The lowest BCUT2D eigenvalue weighted by Gasteiger charge is -2.45. The average Bonchev–Trinajstić information content (AvgIpc) is 4.12. The number of aromatic nitrogens is 4. The number of alkyl carbamates (subject to hydrolysis) is 2. The molecule has 15 nitrogen and oxygen atoms in total. The van der Waals surface area contributed by atoms with Crippen LogP contribution in [0.5, 0.6) is 0 Å². The molecule has 2 saturated heterocycles. The molecule has 5 aromatic rings. The molecule has 0 spiro atoms. The van der Waals surface area contributed by atoms with Crippen LogP contribution in [0.25, 0.3) is 44.2 Å². The molecule has 4 N–H and O–H groups in total. The Bertz CT molecular complexity index is 2500. The Labute approximate surface area is 353 Å². The molecule has 2 bridgehead atoms. The third-order valence-electron chi connectivity index (χ3n) is 13.2. The van der Waals surface area contributed by atoms with Crippen LogP contribution >= 0.6 is 0 Å². The monoisotopic (exact) mass is 836 g/mol. The number of carbonyl (C=O) groups is 4. The number of nitrogens with one attached hydrogen (secondary N) is 4. The van der Waals surface area contributed by atoms with Gasteiger partial charge in [-0.2, -0.15) is 0 Å². The number of nitrogens with zero attached hydrogens (tertiary/aromatic N) is 4. The fourth-order valence-corrected chi connectivity index (χ4v) is 9.83. The lowest BCUT2D eigenvalue weighted by atomic mass is 9.83. The van der Waals surface area contributed by atoms with Crippen LogP contribution < -0.4 is 10.6 Å². The lowest BCUT2D eigenvalue weighted by Crippen LogP contribution is -2.61. The smallest absolute Gasteiger partial charge is 0.407 e. The lowest BCUT2D eigenvalue weighted by molar-refractivity contribution is -0.146. The van der Waals surface area contributed by atoms with Crippen molar-refractivity contribution in [2.24, 2.45) is 11.8 Å². The van der Waals surface area contributed by atoms with Crippen molar-refractivity contribution in [3.8, 4) is 22.4 Å². The molecular formula is C45H53FN8O7. The zero-order valence-electron chi connectivity index (χ0n) is 35.5. The number of carbonyl (C=O) groups excluding carboxylic acids is 4. The quantitative estimate of drug-likeness (QED) is 0.109. The molecule has 1 saturated carbocycles. The van der Waals surface area contributed by atoms with Crippen molar-refractivity contribution in [3.05, 3.63) is 72.2 Å². The summed E-state index contributed by atoms with van der Waals surface area (Å²) >= 11 is 0. The van der Waals surface area contributed by atoms with Gasteiger partial charge in [0, 0.05) is 30.6 Å². The fourth-order valence-electron chi connectivity index (χ4n) is 9.83. The van der Waals surface area contributed by atoms with E-state index in [1.807, 2.05) is 62.1 Å². The first-order valence-corrected chi connectivity index (χ1v) is 20.9. The molecule has 3 aliphatic rings. The maximum absolute atomic E-state index is 16.1. The predicted molar refractivity (Wildman–Crippen MR) is 226 cm³/mol. The van der Waals surface area contributed by atoms with Gasteiger partial charge in [-0.3, -0.25) is 9.59 Å². The number of rotatable bonds is 11. The van der Waals surface area contributed by atoms with E-state index in [0.29, 0.717) is 35.0 Å². The second-order valence-corrected chi connectivity index (χ2v) is 17.0. The highest BCUT2D eigenvalue weighted by Gasteiger charge is 2.59. The Kier molecular flexibility index (Phi) is 11.2. The van der Waals surface area contributed by atoms with Gasteiger partial charge in [0.05, 0.1) is 49.3 Å². The van der Waals surface area contributed by atoms with Gasteiger partial charge in [-0.25, -0.2) is 23.9 Å². The number of benzene rings is 3. The SMILES string of the molecule is COC(=O)N[C@H](C(=O)N1CCC[C@H]1c1nc2c(ccc3cc(-c4ccc(-c5cnc([C@]6(C)[C@H]7CC[C@H](C7)N6C(=O)[C@@H](NC(=O)OC)[C@@H](C)OC)[nH]5)c(F)c4)ccc32)[nH]1)C(C)C. The highest BCUT2D eigenvalue weighted by atomic mass is 19.1. The first-order valence-electron chi connectivity index (χ1n) is 20.9. The fraction of sp³-hybridized carbons (Fsp3) is 0.467. The van der Waals surface area contributed by atoms with E-state index in [4.69, 9.17) is 24.2 Å². The second kappa shape index (κ2) is 16.4. The molecule has 4 amide bonds. The number of H-pyrrole nitrogens is 2. The zero-order valence-corrected chi connectivity index (χ0v) is 35.5. The summed E-state index contributed by atoms with van der Waals surface area (Å²) in [5, 5.41) is 7.20. The van der Waals surface area contributed by atoms with Crippen molar-refractivity contribution < 1.29 is 37.8 Å². The van der Waals surface area contributed by atoms with E-state index in [1.54, 1.807) is 24.1 Å². The number of halogens is 1. The average molecular weight is 837 g/mol. The second-order valence-electron chi connectivity index (χ2n) is 17.0. The van der Waals surface area contributed by atoms with Crippen molar-refractivity contribution in [1.29, 1.82) is 0 Å². The van der Waals surface area contributed by atoms with E-state index in [-0.39, 0.29) is 35.7 Å². The number of methoxy groups -OCH3 is 3. The Morgan fingerprint density at radius 2 is 1.61 bits per heavy atom. The van der Waals surface area contributed by atoms with Crippen LogP contribution in [-0.4, -0.2) is 106 Å². The molecule has 3 fully saturated rings. The minimum atomic E-state index is -0.976. The van der Waals surface area contributed by atoms with Gasteiger partial charge in [-0.15, -0.1) is 0 Å². The zero-order chi connectivity index (χ0) is 43.3. The van der Waals surface area contributed by atoms with Gasteiger partial charge >= 0.3 is 12.2 Å². The number of imidazole rings is 2. The molecule has 0 radical (unpaired) electrons. The van der Waals surface area contributed by atoms with Crippen molar-refractivity contribution >= 4 is 45.8 Å². The Morgan fingerprint density at radius 3 is 2.31 bits per heavy atom. The van der Waals surface area contributed by atoms with Gasteiger partial charge < -0.3 is 44.6 Å². The van der Waals surface area contributed by atoms with Gasteiger partial charge in [0.1, 0.15) is 35.1 Å². The molecule has 1 aliphatic carbocycles. The summed E-state index contributed by atoms with van der Waals surface area (Å²) in [5.74, 6) is 0.330. The Morgan fingerprint density at radius 1 is 0.885 bits per heavy atom. The minimum Gasteiger partial charge on any atom is -0.453 e. The summed E-state index contributed by atoms with van der Waals surface area (Å²) in [6, 6.07) is 13.0. The Balaban J connectivity index is 1.03. The maximum atomic E-state index is 16.1. The maximum Gasteiger partial charge on any atom is 0.407 e. The number of fused-ring (bicyclic) bond motifs is 5. The van der Waals surface area contributed by atoms with E-state index >= 15 is 4.39 Å². The van der Waals surface area contributed by atoms with Crippen LogP contribution in [0.2, 0.25) is 0 Å². The molecule has 2 aliphatic heterocycles. The number of piperidine rings is 1. The standard InChI is InChI=1S/C45H53FN8O7/c1-23(2)36(51-43(57)60-6)40(55)53-18-8-9-35(53)39-48-33-17-12-27-19-25(10-15-30(27)38(33)50-39)26-11-16-31(32(46)20-26)34-22-47-42(49-34)45(4)28-13-14-29(21-28)54(45)41(56)37(24(3)59-5)52-44(58)61-7/h10-12,15-17,19-20,22-24,28-29,35-37H,8-9,13-14,18,21H2,1-7H3,(H,47,49)(H,48,50)(H,51,57)(H,52,58)/t24-,28+,29-,35+,36+,37+,45+/m1/s1. The molecular weight excluding hydrogens is 784 g/mol. The number of hydrogen-bond donors (Lipinski definition) is 4. The number of aromatic amines is 2. The van der Waals surface area contributed by atoms with Gasteiger partial charge in [0.25, 0.3) is 0 Å². The summed E-state index contributed by atoms with van der Waals surface area (Å²) in [5.41, 5.74) is 3.14. The van der Waals surface area contributed by atoms with Crippen LogP contribution in [0.3, 0.4) is 0 Å². The molecule has 4 heterocycles. The summed E-state index contributed by atoms with van der Waals surface area (Å²) in [7, 11) is 4.01. The molecule has 61 heavy (non-hydrogen) atoms. The highest BCUT2D eigenvalue weighted by molar-refractivity contribution is 6.05. The van der Waals surface area contributed by atoms with Crippen LogP contribution in [0.15, 0.2) is 54.7 Å². The summed E-state index contributed by atoms with van der Waals surface area (Å²) in [4.78, 5) is 72.4. The molecule has 8 rings (SSSR count). The molecule has 2 aromatic heterocycles. The van der Waals surface area contributed by atoms with Crippen LogP contribution in [-0.2, 0) is 29.3 Å². The molecule has 0 unspecified atom stereocenters. The van der Waals surface area contributed by atoms with Crippen molar-refractivity contribution in [1.82, 2.24) is 40.4 Å². The van der Waals surface area contributed by atoms with Gasteiger partial charge in [0.15, 0.2) is 0 Å². The third-order valence-corrected chi connectivity index (χ3v) is 13.2. The van der Waals surface area contributed by atoms with Crippen LogP contribution in [0.1, 0.15) is 77.5 Å². The van der Waals surface area contributed by atoms with E-state index in [2.05, 4.69) is 20.6 Å². The topological polar surface area (TPSA) is 184 Å². The molecule has 322 valence electrons. The summed E-state index contributed by atoms with van der Waals surface area (Å²) in [6.45, 7) is 8.04. The number of amides is 4. The van der Waals surface area contributed by atoms with Gasteiger partial charge in [-0.05, 0) is 98.6 Å². The molecule has 16 heteroatoms. The number of likely N-dealkylation sites (tertiary alicyclic amines) is 2. The van der Waals surface area contributed by atoms with Gasteiger partial charge in [0.2, 0.25) is 11.8 Å². The van der Waals surface area contributed by atoms with Crippen LogP contribution in [0, 0.1) is 17.7 Å². The van der Waals surface area contributed by atoms with Crippen molar-refractivity contribution in [2.75, 3.05) is 27.9 Å². The summed E-state index contributed by atoms with van der Waals surface area (Å²) < 4.78 is 31.2. The Hall–Kier alpha value is -6.03. The van der Waals surface area contributed by atoms with Crippen LogP contribution in [0.4, 0.5) is 14.0 Å². The first-order chi connectivity index (χ1) is 29.3. The predicted octanol–water partition coefficient (Wildman–Crippen LogP) is 6.94. The van der Waals surface area contributed by atoms with E-state index in [9.17, 15) is 19.2 Å². The summed E-state index contributed by atoms with van der Waals surface area (Å²) in [6.07, 6.45) is 3.71. The molecule has 3 aromatic carbocycles. The van der Waals surface area contributed by atoms with Crippen molar-refractivity contribution in [3.63, 3.8) is 0 Å². The number of ether oxygens (including phenoxy) is 3.